The molecule has 0 saturated heterocycles. The third-order valence-corrected chi connectivity index (χ3v) is 12.4. The zero-order chi connectivity index (χ0) is 12.3. The number of hydrogen-bond donors (Lipinski definition) is 0. The van der Waals surface area contributed by atoms with Gasteiger partial charge in [-0.1, -0.05) is 11.4 Å². The summed E-state index contributed by atoms with van der Waals surface area (Å²) in [6, 6.07) is 0. The van der Waals surface area contributed by atoms with Crippen molar-refractivity contribution < 1.29 is 8.23 Å². The average molecular weight is 281 g/mol. The Morgan fingerprint density at radius 1 is 0.867 bits per heavy atom. The fraction of sp³-hybridized carbons (Fsp3) is 0.556. The van der Waals surface area contributed by atoms with Crippen molar-refractivity contribution in [2.45, 2.75) is 32.7 Å². The maximum atomic E-state index is 6.33. The Balaban J connectivity index is 4.56. The summed E-state index contributed by atoms with van der Waals surface area (Å²) in [6.45, 7) is 17.6. The van der Waals surface area contributed by atoms with Crippen LogP contribution in [0.15, 0.2) is 24.6 Å². The molecule has 0 aliphatic rings. The smallest absolute Gasteiger partial charge is 0.419 e. The van der Waals surface area contributed by atoms with E-state index >= 15 is 0 Å². The number of hydrogen-bond acceptors (Lipinski definition) is 2. The molecule has 0 aliphatic carbocycles. The van der Waals surface area contributed by atoms with Crippen molar-refractivity contribution in [1.29, 1.82) is 0 Å². The van der Waals surface area contributed by atoms with E-state index in [1.54, 1.807) is 0 Å². The lowest BCUT2D eigenvalue weighted by Gasteiger charge is -2.33. The van der Waals surface area contributed by atoms with Gasteiger partial charge in [0.1, 0.15) is 0 Å². The van der Waals surface area contributed by atoms with Gasteiger partial charge in [0.15, 0.2) is 0 Å². The molecular weight excluding hydrogens is 260 g/mol. The molecular formula is C9H21ClO2Si3. The summed E-state index contributed by atoms with van der Waals surface area (Å²) in [5, 5.41) is 0. The molecule has 0 unspecified atom stereocenters. The van der Waals surface area contributed by atoms with Crippen molar-refractivity contribution in [2.24, 2.45) is 0 Å². The summed E-state index contributed by atoms with van der Waals surface area (Å²) in [5.41, 5.74) is 3.74. The first kappa shape index (κ1) is 15.3. The van der Waals surface area contributed by atoms with E-state index in [0.29, 0.717) is 0 Å². The second kappa shape index (κ2) is 5.11. The Hall–Kier alpha value is 0.341. The van der Waals surface area contributed by atoms with Gasteiger partial charge < -0.3 is 8.23 Å². The molecule has 0 amide bonds. The van der Waals surface area contributed by atoms with Crippen LogP contribution in [0, 0.1) is 0 Å². The van der Waals surface area contributed by atoms with Gasteiger partial charge in [0.2, 0.25) is 16.6 Å². The van der Waals surface area contributed by atoms with Gasteiger partial charge in [-0.3, -0.25) is 0 Å². The third kappa shape index (κ3) is 6.49. The molecule has 0 fully saturated rings. The molecule has 0 spiro atoms. The predicted octanol–water partition coefficient (Wildman–Crippen LogP) is 3.69. The van der Waals surface area contributed by atoms with E-state index in [2.05, 4.69) is 39.3 Å². The summed E-state index contributed by atoms with van der Waals surface area (Å²) < 4.78 is 11.8. The monoisotopic (exact) mass is 280 g/mol. The van der Waals surface area contributed by atoms with Crippen LogP contribution in [-0.4, -0.2) is 24.5 Å². The standard InChI is InChI=1S/C9H21ClO2Si3/c1-8-13(3,4)11-15(7,10)12-14(5,6)9-2/h8-9H,1-2H2,3-7H3. The maximum absolute atomic E-state index is 6.33. The summed E-state index contributed by atoms with van der Waals surface area (Å²) in [5.74, 6) is 0. The van der Waals surface area contributed by atoms with Crippen molar-refractivity contribution in [3.63, 3.8) is 0 Å². The van der Waals surface area contributed by atoms with Crippen LogP contribution >= 0.6 is 11.1 Å². The van der Waals surface area contributed by atoms with Gasteiger partial charge in [-0.2, -0.15) is 0 Å². The van der Waals surface area contributed by atoms with Gasteiger partial charge in [-0.05, 0) is 32.7 Å². The molecule has 0 aromatic rings. The van der Waals surface area contributed by atoms with E-state index in [4.69, 9.17) is 19.3 Å². The quantitative estimate of drug-likeness (QED) is 0.546. The SMILES string of the molecule is C=C[Si](C)(C)O[Si](C)(Cl)O[Si](C)(C)C=C. The van der Waals surface area contributed by atoms with E-state index in [0.717, 1.165) is 0 Å². The second-order valence-electron chi connectivity index (χ2n) is 4.65. The van der Waals surface area contributed by atoms with E-state index < -0.39 is 24.5 Å². The lowest BCUT2D eigenvalue weighted by atomic mass is 11.3. The molecule has 0 N–H and O–H groups in total. The Morgan fingerprint density at radius 2 is 1.13 bits per heavy atom. The summed E-state index contributed by atoms with van der Waals surface area (Å²) in [4.78, 5) is 0. The van der Waals surface area contributed by atoms with E-state index in [9.17, 15) is 0 Å². The van der Waals surface area contributed by atoms with Crippen LogP contribution in [0.2, 0.25) is 32.7 Å². The normalized spacial score (nSPS) is 13.7. The molecule has 0 bridgehead atoms. The molecule has 6 heteroatoms. The molecule has 0 aromatic heterocycles. The molecule has 15 heavy (non-hydrogen) atoms. The highest BCUT2D eigenvalue weighted by atomic mass is 35.6. The molecule has 0 atom stereocenters. The average Bonchev–Trinajstić information content (AvgIpc) is 2.00. The summed E-state index contributed by atoms with van der Waals surface area (Å²) >= 11 is 6.33. The zero-order valence-electron chi connectivity index (χ0n) is 10.3. The van der Waals surface area contributed by atoms with Crippen LogP contribution in [0.3, 0.4) is 0 Å². The molecule has 0 radical (unpaired) electrons. The minimum Gasteiger partial charge on any atom is -0.422 e. The minimum atomic E-state index is -2.56. The Kier molecular flexibility index (Phi) is 5.23. The molecule has 0 aromatic carbocycles. The number of rotatable bonds is 6. The fourth-order valence-electron chi connectivity index (χ4n) is 1.04. The lowest BCUT2D eigenvalue weighted by Crippen LogP contribution is -2.49. The molecule has 0 rings (SSSR count). The first-order chi connectivity index (χ1) is 6.54. The van der Waals surface area contributed by atoms with Gasteiger partial charge in [0.05, 0.1) is 0 Å². The van der Waals surface area contributed by atoms with Gasteiger partial charge >= 0.3 is 7.87 Å². The van der Waals surface area contributed by atoms with Crippen LogP contribution in [-0.2, 0) is 8.23 Å². The highest BCUT2D eigenvalue weighted by Gasteiger charge is 2.40. The van der Waals surface area contributed by atoms with Gasteiger partial charge in [-0.25, -0.2) is 0 Å². The largest absolute Gasteiger partial charge is 0.422 e. The van der Waals surface area contributed by atoms with Crippen molar-refractivity contribution in [3.05, 3.63) is 24.6 Å². The van der Waals surface area contributed by atoms with Gasteiger partial charge in [-0.15, -0.1) is 24.2 Å². The second-order valence-corrected chi connectivity index (χ2v) is 17.2. The number of halogens is 1. The zero-order valence-corrected chi connectivity index (χ0v) is 14.0. The van der Waals surface area contributed by atoms with E-state index in [1.165, 1.54) is 0 Å². The Morgan fingerprint density at radius 3 is 1.33 bits per heavy atom. The lowest BCUT2D eigenvalue weighted by molar-refractivity contribution is 0.420. The summed E-state index contributed by atoms with van der Waals surface area (Å²) in [7, 11) is -6.30. The van der Waals surface area contributed by atoms with E-state index in [1.807, 2.05) is 17.9 Å². The molecule has 0 heterocycles. The maximum Gasteiger partial charge on any atom is 0.419 e. The highest BCUT2D eigenvalue weighted by molar-refractivity contribution is 7.17. The first-order valence-electron chi connectivity index (χ1n) is 4.90. The van der Waals surface area contributed by atoms with Crippen LogP contribution < -0.4 is 0 Å². The van der Waals surface area contributed by atoms with Crippen molar-refractivity contribution in [3.8, 4) is 0 Å². The van der Waals surface area contributed by atoms with E-state index in [-0.39, 0.29) is 0 Å². The van der Waals surface area contributed by atoms with Crippen LogP contribution in [0.4, 0.5) is 0 Å². The van der Waals surface area contributed by atoms with Gasteiger partial charge in [0, 0.05) is 0 Å². The topological polar surface area (TPSA) is 18.5 Å². The van der Waals surface area contributed by atoms with Crippen molar-refractivity contribution >= 4 is 35.6 Å². The third-order valence-electron chi connectivity index (χ3n) is 1.87. The van der Waals surface area contributed by atoms with Gasteiger partial charge in [0.25, 0.3) is 0 Å². The Bertz CT molecular complexity index is 228. The predicted molar refractivity (Wildman–Crippen MR) is 75.0 cm³/mol. The fourth-order valence-corrected chi connectivity index (χ4v) is 13.3. The molecule has 2 nitrogen and oxygen atoms in total. The Labute approximate surface area is 101 Å². The highest BCUT2D eigenvalue weighted by Crippen LogP contribution is 2.24. The first-order valence-corrected chi connectivity index (χ1v) is 14.2. The van der Waals surface area contributed by atoms with Crippen molar-refractivity contribution in [1.82, 2.24) is 0 Å². The van der Waals surface area contributed by atoms with Crippen molar-refractivity contribution in [2.75, 3.05) is 0 Å². The van der Waals surface area contributed by atoms with Crippen LogP contribution in [0.25, 0.3) is 0 Å². The van der Waals surface area contributed by atoms with Crippen LogP contribution in [0.1, 0.15) is 0 Å². The summed E-state index contributed by atoms with van der Waals surface area (Å²) in [6.07, 6.45) is 0. The molecule has 88 valence electrons. The van der Waals surface area contributed by atoms with Crippen LogP contribution in [0.5, 0.6) is 0 Å². The molecule has 0 saturated carbocycles. The molecule has 0 aliphatic heterocycles. The minimum absolute atomic E-state index is 1.87.